The number of benzene rings is 2. The molecule has 0 bridgehead atoms. The van der Waals surface area contributed by atoms with E-state index in [2.05, 4.69) is 21.0 Å². The standard InChI is InChI=1S/C18H13BrN2O2/c1-10-5-3-4-6-14(10)21-17-13-9-12(19)7-8-15(13)23-18(22)16(17)11(2)20-21/h3-9H,1-2H3. The molecule has 0 saturated heterocycles. The van der Waals surface area contributed by atoms with E-state index in [-0.39, 0.29) is 5.63 Å². The first kappa shape index (κ1) is 14.2. The predicted molar refractivity (Wildman–Crippen MR) is 94.3 cm³/mol. The maximum absolute atomic E-state index is 12.4. The molecular formula is C18H13BrN2O2. The minimum absolute atomic E-state index is 0.354. The average Bonchev–Trinajstić information content (AvgIpc) is 2.87. The van der Waals surface area contributed by atoms with Gasteiger partial charge in [-0.1, -0.05) is 34.1 Å². The zero-order valence-electron chi connectivity index (χ0n) is 12.6. The molecule has 0 fully saturated rings. The number of para-hydroxylation sites is 1. The van der Waals surface area contributed by atoms with Crippen molar-refractivity contribution in [2.24, 2.45) is 0 Å². The molecule has 0 aliphatic rings. The predicted octanol–water partition coefficient (Wildman–Crippen LogP) is 4.51. The summed E-state index contributed by atoms with van der Waals surface area (Å²) < 4.78 is 8.23. The molecule has 0 aliphatic carbocycles. The Labute approximate surface area is 140 Å². The number of aryl methyl sites for hydroxylation is 2. The van der Waals surface area contributed by atoms with Crippen LogP contribution in [0.2, 0.25) is 0 Å². The summed E-state index contributed by atoms with van der Waals surface area (Å²) in [5.74, 6) is 0. The van der Waals surface area contributed by atoms with Gasteiger partial charge in [0.25, 0.3) is 0 Å². The Balaban J connectivity index is 2.26. The lowest BCUT2D eigenvalue weighted by molar-refractivity contribution is 0.569. The Hall–Kier alpha value is -2.40. The van der Waals surface area contributed by atoms with E-state index in [1.165, 1.54) is 0 Å². The molecule has 0 radical (unpaired) electrons. The highest BCUT2D eigenvalue weighted by Crippen LogP contribution is 2.30. The van der Waals surface area contributed by atoms with Crippen molar-refractivity contribution < 1.29 is 4.42 Å². The van der Waals surface area contributed by atoms with Crippen LogP contribution in [-0.2, 0) is 0 Å². The summed E-state index contributed by atoms with van der Waals surface area (Å²) in [4.78, 5) is 12.4. The van der Waals surface area contributed by atoms with Crippen LogP contribution in [0.3, 0.4) is 0 Å². The topological polar surface area (TPSA) is 48.0 Å². The second kappa shape index (κ2) is 5.06. The molecule has 0 aliphatic heterocycles. The molecule has 2 aromatic heterocycles. The summed E-state index contributed by atoms with van der Waals surface area (Å²) in [6.45, 7) is 3.86. The van der Waals surface area contributed by atoms with Crippen LogP contribution >= 0.6 is 15.9 Å². The summed E-state index contributed by atoms with van der Waals surface area (Å²) in [7, 11) is 0. The average molecular weight is 369 g/mol. The minimum atomic E-state index is -0.354. The van der Waals surface area contributed by atoms with Crippen molar-refractivity contribution in [2.45, 2.75) is 13.8 Å². The fourth-order valence-electron chi connectivity index (χ4n) is 2.92. The zero-order chi connectivity index (χ0) is 16.1. The fourth-order valence-corrected chi connectivity index (χ4v) is 3.28. The Morgan fingerprint density at radius 1 is 1.13 bits per heavy atom. The van der Waals surface area contributed by atoms with Crippen molar-refractivity contribution >= 4 is 37.8 Å². The maximum atomic E-state index is 12.4. The molecule has 4 nitrogen and oxygen atoms in total. The first-order chi connectivity index (χ1) is 11.1. The normalized spacial score (nSPS) is 11.4. The van der Waals surface area contributed by atoms with Crippen molar-refractivity contribution in [3.8, 4) is 5.69 Å². The number of rotatable bonds is 1. The molecule has 4 rings (SSSR count). The summed E-state index contributed by atoms with van der Waals surface area (Å²) in [6, 6.07) is 13.6. The van der Waals surface area contributed by atoms with Crippen LogP contribution in [-0.4, -0.2) is 9.78 Å². The number of nitrogens with zero attached hydrogens (tertiary/aromatic N) is 2. The highest BCUT2D eigenvalue weighted by atomic mass is 79.9. The second-order valence-electron chi connectivity index (χ2n) is 5.54. The van der Waals surface area contributed by atoms with Crippen LogP contribution in [0.1, 0.15) is 11.3 Å². The van der Waals surface area contributed by atoms with Crippen LogP contribution in [0, 0.1) is 13.8 Å². The van der Waals surface area contributed by atoms with Gasteiger partial charge in [0.1, 0.15) is 11.0 Å². The third-order valence-corrected chi connectivity index (χ3v) is 4.50. The molecule has 0 spiro atoms. The quantitative estimate of drug-likeness (QED) is 0.464. The zero-order valence-corrected chi connectivity index (χ0v) is 14.2. The first-order valence-electron chi connectivity index (χ1n) is 7.24. The highest BCUT2D eigenvalue weighted by Gasteiger charge is 2.18. The van der Waals surface area contributed by atoms with Crippen molar-refractivity contribution in [1.82, 2.24) is 9.78 Å². The molecule has 0 N–H and O–H groups in total. The van der Waals surface area contributed by atoms with Gasteiger partial charge in [-0.3, -0.25) is 0 Å². The van der Waals surface area contributed by atoms with E-state index < -0.39 is 0 Å². The van der Waals surface area contributed by atoms with E-state index in [1.54, 1.807) is 6.07 Å². The lowest BCUT2D eigenvalue weighted by atomic mass is 10.1. The number of halogens is 1. The molecule has 0 amide bonds. The monoisotopic (exact) mass is 368 g/mol. The Bertz CT molecular complexity index is 1130. The fraction of sp³-hybridized carbons (Fsp3) is 0.111. The molecule has 0 saturated carbocycles. The van der Waals surface area contributed by atoms with Gasteiger partial charge in [0.05, 0.1) is 16.9 Å². The van der Waals surface area contributed by atoms with Crippen LogP contribution in [0.25, 0.3) is 27.6 Å². The first-order valence-corrected chi connectivity index (χ1v) is 8.03. The van der Waals surface area contributed by atoms with Gasteiger partial charge in [-0.2, -0.15) is 5.10 Å². The van der Waals surface area contributed by atoms with Crippen LogP contribution in [0.4, 0.5) is 0 Å². The van der Waals surface area contributed by atoms with Crippen molar-refractivity contribution in [3.63, 3.8) is 0 Å². The smallest absolute Gasteiger partial charge is 0.347 e. The van der Waals surface area contributed by atoms with Crippen LogP contribution in [0.5, 0.6) is 0 Å². The van der Waals surface area contributed by atoms with Gasteiger partial charge >= 0.3 is 5.63 Å². The summed E-state index contributed by atoms with van der Waals surface area (Å²) >= 11 is 3.49. The van der Waals surface area contributed by atoms with E-state index in [0.717, 1.165) is 26.6 Å². The summed E-state index contributed by atoms with van der Waals surface area (Å²) in [5, 5.41) is 5.99. The minimum Gasteiger partial charge on any atom is -0.422 e. The van der Waals surface area contributed by atoms with Gasteiger partial charge in [-0.15, -0.1) is 0 Å². The largest absolute Gasteiger partial charge is 0.422 e. The van der Waals surface area contributed by atoms with E-state index >= 15 is 0 Å². The number of aromatic nitrogens is 2. The van der Waals surface area contributed by atoms with Crippen molar-refractivity contribution in [2.75, 3.05) is 0 Å². The van der Waals surface area contributed by atoms with Gasteiger partial charge in [0.15, 0.2) is 0 Å². The highest BCUT2D eigenvalue weighted by molar-refractivity contribution is 9.10. The number of hydrogen-bond acceptors (Lipinski definition) is 3. The van der Waals surface area contributed by atoms with E-state index in [4.69, 9.17) is 4.42 Å². The third kappa shape index (κ3) is 2.11. The van der Waals surface area contributed by atoms with E-state index in [1.807, 2.05) is 54.9 Å². The molecular weight excluding hydrogens is 356 g/mol. The SMILES string of the molecule is Cc1ccccc1-n1nc(C)c2c(=O)oc3ccc(Br)cc3c21. The molecule has 2 aromatic carbocycles. The summed E-state index contributed by atoms with van der Waals surface area (Å²) in [5.41, 5.74) is 3.70. The van der Waals surface area contributed by atoms with Gasteiger partial charge < -0.3 is 4.42 Å². The Morgan fingerprint density at radius 2 is 1.91 bits per heavy atom. The number of hydrogen-bond donors (Lipinski definition) is 0. The van der Waals surface area contributed by atoms with Crippen molar-refractivity contribution in [1.29, 1.82) is 0 Å². The summed E-state index contributed by atoms with van der Waals surface area (Å²) in [6.07, 6.45) is 0. The third-order valence-electron chi connectivity index (χ3n) is 4.01. The Kier molecular flexibility index (Phi) is 3.13. The molecule has 4 aromatic rings. The Morgan fingerprint density at radius 3 is 2.70 bits per heavy atom. The van der Waals surface area contributed by atoms with Gasteiger partial charge in [-0.25, -0.2) is 9.48 Å². The lowest BCUT2D eigenvalue weighted by Gasteiger charge is -2.08. The molecule has 0 atom stereocenters. The second-order valence-corrected chi connectivity index (χ2v) is 6.45. The van der Waals surface area contributed by atoms with Gasteiger partial charge in [0, 0.05) is 9.86 Å². The van der Waals surface area contributed by atoms with E-state index in [9.17, 15) is 4.79 Å². The van der Waals surface area contributed by atoms with Crippen molar-refractivity contribution in [3.05, 3.63) is 68.6 Å². The molecule has 23 heavy (non-hydrogen) atoms. The molecule has 114 valence electrons. The number of fused-ring (bicyclic) bond motifs is 3. The van der Waals surface area contributed by atoms with Crippen LogP contribution in [0.15, 0.2) is 56.1 Å². The van der Waals surface area contributed by atoms with E-state index in [0.29, 0.717) is 16.7 Å². The van der Waals surface area contributed by atoms with Crippen LogP contribution < -0.4 is 5.63 Å². The molecule has 0 unspecified atom stereocenters. The molecule has 2 heterocycles. The molecule has 5 heteroatoms. The van der Waals surface area contributed by atoms with Gasteiger partial charge in [-0.05, 0) is 43.7 Å². The lowest BCUT2D eigenvalue weighted by Crippen LogP contribution is -2.02. The van der Waals surface area contributed by atoms with Gasteiger partial charge in [0.2, 0.25) is 0 Å². The maximum Gasteiger partial charge on any atom is 0.347 e.